The highest BCUT2D eigenvalue weighted by Gasteiger charge is 2.40. The lowest BCUT2D eigenvalue weighted by Crippen LogP contribution is -2.54. The largest absolute Gasteiger partial charge is 0.386 e. The molecule has 0 aromatic carbocycles. The first-order chi connectivity index (χ1) is 5.05. The summed E-state index contributed by atoms with van der Waals surface area (Å²) in [5.74, 6) is -2.48. The van der Waals surface area contributed by atoms with E-state index in [1.807, 2.05) is 0 Å². The second-order valence-electron chi connectivity index (χ2n) is 2.82. The molecule has 0 aromatic heterocycles. The molecule has 0 amide bonds. The van der Waals surface area contributed by atoms with Crippen LogP contribution in [0.25, 0.3) is 0 Å². The van der Waals surface area contributed by atoms with Gasteiger partial charge in [0.25, 0.3) is 5.91 Å². The highest BCUT2D eigenvalue weighted by Crippen LogP contribution is 2.20. The summed E-state index contributed by atoms with van der Waals surface area (Å²) in [7, 11) is 0. The lowest BCUT2D eigenvalue weighted by Gasteiger charge is -2.31. The van der Waals surface area contributed by atoms with E-state index in [0.717, 1.165) is 0 Å². The zero-order valence-electron chi connectivity index (χ0n) is 6.55. The quantitative estimate of drug-likeness (QED) is 0.387. The molecule has 6 heteroatoms. The lowest BCUT2D eigenvalue weighted by molar-refractivity contribution is -0.388. The van der Waals surface area contributed by atoms with Crippen LogP contribution in [-0.4, -0.2) is 44.1 Å². The second-order valence-corrected chi connectivity index (χ2v) is 2.82. The smallest absolute Gasteiger partial charge is 0.274 e. The second kappa shape index (κ2) is 4.36. The molecular formula is C6H14ClNO4. The zero-order valence-corrected chi connectivity index (χ0v) is 7.37. The van der Waals surface area contributed by atoms with Crippen molar-refractivity contribution in [3.05, 3.63) is 0 Å². The Kier molecular flexibility index (Phi) is 4.39. The van der Waals surface area contributed by atoms with Gasteiger partial charge in [-0.15, -0.1) is 17.5 Å². The number of halogens is 1. The van der Waals surface area contributed by atoms with Crippen molar-refractivity contribution >= 4 is 12.4 Å². The Hall–Kier alpha value is 0.0900. The van der Waals surface area contributed by atoms with Crippen molar-refractivity contribution in [3.63, 3.8) is 0 Å². The summed E-state index contributed by atoms with van der Waals surface area (Å²) in [5, 5.41) is 36.6. The molecule has 0 spiro atoms. The van der Waals surface area contributed by atoms with Crippen molar-refractivity contribution < 1.29 is 20.5 Å². The average Bonchev–Trinajstić information content (AvgIpc) is 2.03. The maximum atomic E-state index is 9.09. The van der Waals surface area contributed by atoms with E-state index in [1.54, 1.807) is 0 Å². The van der Waals surface area contributed by atoms with Crippen molar-refractivity contribution in [1.82, 2.24) is 5.06 Å². The molecule has 0 radical (unpaired) electrons. The molecule has 1 aliphatic rings. The Balaban J connectivity index is 0.00000121. The number of nitrogens with zero attached hydrogens (tertiary/aromatic N) is 1. The topological polar surface area (TPSA) is 84.2 Å². The van der Waals surface area contributed by atoms with Gasteiger partial charge in [-0.1, -0.05) is 0 Å². The van der Waals surface area contributed by atoms with Gasteiger partial charge in [-0.3, -0.25) is 0 Å². The summed E-state index contributed by atoms with van der Waals surface area (Å²) in [5.41, 5.74) is 0. The molecule has 1 fully saturated rings. The Morgan fingerprint density at radius 2 is 1.83 bits per heavy atom. The molecule has 0 saturated carbocycles. The van der Waals surface area contributed by atoms with Crippen molar-refractivity contribution in [2.45, 2.75) is 31.3 Å². The minimum atomic E-state index is -2.48. The van der Waals surface area contributed by atoms with Gasteiger partial charge >= 0.3 is 0 Å². The van der Waals surface area contributed by atoms with Crippen molar-refractivity contribution in [2.24, 2.45) is 0 Å². The SMILES string of the molecule is Cl.OC1CCCCN(O)C1(O)O. The van der Waals surface area contributed by atoms with Crippen molar-refractivity contribution in [3.8, 4) is 0 Å². The lowest BCUT2D eigenvalue weighted by atomic mass is 10.1. The normalized spacial score (nSPS) is 30.5. The van der Waals surface area contributed by atoms with Crippen LogP contribution < -0.4 is 0 Å². The van der Waals surface area contributed by atoms with E-state index in [9.17, 15) is 0 Å². The molecule has 5 nitrogen and oxygen atoms in total. The third-order valence-corrected chi connectivity index (χ3v) is 1.92. The van der Waals surface area contributed by atoms with E-state index >= 15 is 0 Å². The van der Waals surface area contributed by atoms with Gasteiger partial charge in [-0.2, -0.15) is 0 Å². The fraction of sp³-hybridized carbons (Fsp3) is 1.00. The maximum Gasteiger partial charge on any atom is 0.274 e. The maximum absolute atomic E-state index is 9.09. The van der Waals surface area contributed by atoms with E-state index in [1.165, 1.54) is 0 Å². The number of hydroxylamine groups is 2. The summed E-state index contributed by atoms with van der Waals surface area (Å²) >= 11 is 0. The van der Waals surface area contributed by atoms with Crippen LogP contribution in [0.3, 0.4) is 0 Å². The van der Waals surface area contributed by atoms with Crippen LogP contribution in [0, 0.1) is 0 Å². The minimum absolute atomic E-state index is 0. The molecule has 1 unspecified atom stereocenters. The van der Waals surface area contributed by atoms with Gasteiger partial charge in [0.15, 0.2) is 0 Å². The third-order valence-electron chi connectivity index (χ3n) is 1.92. The van der Waals surface area contributed by atoms with Crippen LogP contribution in [-0.2, 0) is 0 Å². The molecule has 1 rings (SSSR count). The van der Waals surface area contributed by atoms with Crippen LogP contribution in [0.15, 0.2) is 0 Å². The Bertz CT molecular complexity index is 130. The fourth-order valence-corrected chi connectivity index (χ4v) is 1.13. The number of hydrogen-bond acceptors (Lipinski definition) is 5. The van der Waals surface area contributed by atoms with E-state index in [4.69, 9.17) is 20.5 Å². The Labute approximate surface area is 76.6 Å². The highest BCUT2D eigenvalue weighted by atomic mass is 35.5. The first-order valence-electron chi connectivity index (χ1n) is 3.64. The van der Waals surface area contributed by atoms with Crippen molar-refractivity contribution in [2.75, 3.05) is 6.54 Å². The summed E-state index contributed by atoms with van der Waals surface area (Å²) in [6.45, 7) is 0.171. The Morgan fingerprint density at radius 3 is 2.42 bits per heavy atom. The standard InChI is InChI=1S/C6H13NO4.ClH/c8-5-3-1-2-4-7(11)6(5,9)10;/h5,8-11H,1-4H2;1H. The molecule has 0 aromatic rings. The zero-order chi connectivity index (χ0) is 8.48. The van der Waals surface area contributed by atoms with Gasteiger partial charge in [-0.05, 0) is 19.3 Å². The van der Waals surface area contributed by atoms with Crippen LogP contribution in [0.5, 0.6) is 0 Å². The van der Waals surface area contributed by atoms with Gasteiger partial charge in [0, 0.05) is 6.54 Å². The monoisotopic (exact) mass is 199 g/mol. The molecule has 0 bridgehead atoms. The fourth-order valence-electron chi connectivity index (χ4n) is 1.13. The van der Waals surface area contributed by atoms with Gasteiger partial charge in [-0.25, -0.2) is 0 Å². The first-order valence-corrected chi connectivity index (χ1v) is 3.64. The van der Waals surface area contributed by atoms with Crippen LogP contribution in [0.1, 0.15) is 19.3 Å². The van der Waals surface area contributed by atoms with E-state index in [0.29, 0.717) is 24.3 Å². The van der Waals surface area contributed by atoms with Crippen LogP contribution in [0.4, 0.5) is 0 Å². The minimum Gasteiger partial charge on any atom is -0.386 e. The predicted molar refractivity (Wildman–Crippen MR) is 42.8 cm³/mol. The van der Waals surface area contributed by atoms with Gasteiger partial charge < -0.3 is 20.5 Å². The average molecular weight is 200 g/mol. The van der Waals surface area contributed by atoms with Gasteiger partial charge in [0.05, 0.1) is 0 Å². The molecule has 1 atom stereocenters. The van der Waals surface area contributed by atoms with Crippen LogP contribution >= 0.6 is 12.4 Å². The number of aliphatic hydroxyl groups excluding tert-OH is 1. The Morgan fingerprint density at radius 1 is 1.25 bits per heavy atom. The summed E-state index contributed by atoms with van der Waals surface area (Å²) < 4.78 is 0. The summed E-state index contributed by atoms with van der Waals surface area (Å²) in [4.78, 5) is 0. The molecule has 0 aliphatic carbocycles. The highest BCUT2D eigenvalue weighted by molar-refractivity contribution is 5.85. The summed E-state index contributed by atoms with van der Waals surface area (Å²) in [6.07, 6.45) is 0.330. The van der Waals surface area contributed by atoms with E-state index < -0.39 is 12.0 Å². The van der Waals surface area contributed by atoms with Crippen LogP contribution in [0.2, 0.25) is 0 Å². The molecular weight excluding hydrogens is 186 g/mol. The number of hydrogen-bond donors (Lipinski definition) is 4. The van der Waals surface area contributed by atoms with Gasteiger partial charge in [0.1, 0.15) is 6.10 Å². The number of rotatable bonds is 0. The predicted octanol–water partition coefficient (Wildman–Crippen LogP) is -0.717. The van der Waals surface area contributed by atoms with Crippen molar-refractivity contribution in [1.29, 1.82) is 0 Å². The van der Waals surface area contributed by atoms with E-state index in [-0.39, 0.29) is 19.0 Å². The van der Waals surface area contributed by atoms with E-state index in [2.05, 4.69) is 0 Å². The molecule has 12 heavy (non-hydrogen) atoms. The van der Waals surface area contributed by atoms with Gasteiger partial charge in [0.2, 0.25) is 0 Å². The molecule has 1 saturated heterocycles. The molecule has 74 valence electrons. The molecule has 1 aliphatic heterocycles. The molecule has 1 heterocycles. The molecule has 4 N–H and O–H groups in total. The summed E-state index contributed by atoms with van der Waals surface area (Å²) in [6, 6.07) is 0. The number of aliphatic hydroxyl groups is 3. The third kappa shape index (κ3) is 2.29. The first kappa shape index (κ1) is 12.1.